The van der Waals surface area contributed by atoms with Crippen LogP contribution in [0, 0.1) is 0 Å². The average molecular weight is 510 g/mol. The van der Waals surface area contributed by atoms with E-state index in [-0.39, 0.29) is 0 Å². The Bertz CT molecular complexity index is 1360. The van der Waals surface area contributed by atoms with Gasteiger partial charge in [0.2, 0.25) is 0 Å². The highest BCUT2D eigenvalue weighted by Crippen LogP contribution is 2.47. The maximum Gasteiger partial charge on any atom is 0.0969 e. The summed E-state index contributed by atoms with van der Waals surface area (Å²) >= 11 is 9.41. The van der Waals surface area contributed by atoms with E-state index in [9.17, 15) is 0 Å². The van der Waals surface area contributed by atoms with Gasteiger partial charge in [-0.1, -0.05) is 38.8 Å². The van der Waals surface area contributed by atoms with Crippen molar-refractivity contribution in [2.24, 2.45) is 0 Å². The molecule has 1 nitrogen and oxygen atoms in total. The lowest BCUT2D eigenvalue weighted by molar-refractivity contribution is 0.568. The largest absolute Gasteiger partial charge is 0.240 e. The van der Waals surface area contributed by atoms with Crippen molar-refractivity contribution in [2.75, 3.05) is 0 Å². The van der Waals surface area contributed by atoms with E-state index in [1.54, 1.807) is 0 Å². The molecule has 0 aliphatic carbocycles. The highest BCUT2D eigenvalue weighted by atomic mass is 32.1. The number of rotatable bonds is 7. The number of aromatic nitrogens is 1. The van der Waals surface area contributed by atoms with Crippen LogP contribution in [0.3, 0.4) is 0 Å². The van der Waals surface area contributed by atoms with E-state index in [0.29, 0.717) is 5.92 Å². The summed E-state index contributed by atoms with van der Waals surface area (Å²) in [7, 11) is 0. The quantitative estimate of drug-likeness (QED) is 0.208. The number of fused-ring (bicyclic) bond motifs is 3. The highest BCUT2D eigenvalue weighted by Gasteiger charge is 2.21. The molecule has 0 radical (unpaired) electrons. The molecular formula is C26H23NS5. The molecule has 32 heavy (non-hydrogen) atoms. The standard InChI is InChI=1S/C26H23NS5/c1-3-5-6-15(4-2)26-27-24-16(20-13-22-18(30-20)9-11-28-22)7-8-17(25(24)32-26)21-14-23-19(31-21)10-12-29-23/h7-15H,3-6H2,1-2H3. The number of thiophene rings is 4. The van der Waals surface area contributed by atoms with Gasteiger partial charge in [0.25, 0.3) is 0 Å². The maximum absolute atomic E-state index is 5.33. The molecule has 0 saturated heterocycles. The zero-order chi connectivity index (χ0) is 21.7. The monoisotopic (exact) mass is 509 g/mol. The minimum atomic E-state index is 0.562. The summed E-state index contributed by atoms with van der Waals surface area (Å²) in [5.74, 6) is 0.562. The third kappa shape index (κ3) is 3.57. The van der Waals surface area contributed by atoms with Gasteiger partial charge in [0.1, 0.15) is 0 Å². The summed E-state index contributed by atoms with van der Waals surface area (Å²) in [4.78, 5) is 8.04. The zero-order valence-corrected chi connectivity index (χ0v) is 22.1. The second-order valence-corrected chi connectivity index (χ2v) is 13.3. The van der Waals surface area contributed by atoms with Gasteiger partial charge in [0, 0.05) is 45.6 Å². The summed E-state index contributed by atoms with van der Waals surface area (Å²) in [6.45, 7) is 4.60. The molecular weight excluding hydrogens is 487 g/mol. The van der Waals surface area contributed by atoms with Gasteiger partial charge in [-0.25, -0.2) is 4.98 Å². The Labute approximate surface area is 208 Å². The number of thiazole rings is 1. The third-order valence-corrected chi connectivity index (χ3v) is 11.6. The van der Waals surface area contributed by atoms with Crippen LogP contribution in [0.25, 0.3) is 49.9 Å². The van der Waals surface area contributed by atoms with E-state index in [2.05, 4.69) is 61.0 Å². The maximum atomic E-state index is 5.33. The first-order chi connectivity index (χ1) is 15.7. The third-order valence-electron chi connectivity index (χ3n) is 6.12. The fourth-order valence-corrected chi connectivity index (χ4v) is 10.0. The van der Waals surface area contributed by atoms with Crippen molar-refractivity contribution < 1.29 is 0 Å². The minimum absolute atomic E-state index is 0.562. The number of unbranched alkanes of at least 4 members (excludes halogenated alkanes) is 1. The smallest absolute Gasteiger partial charge is 0.0969 e. The topological polar surface area (TPSA) is 12.9 Å². The second kappa shape index (κ2) is 8.65. The Balaban J connectivity index is 1.55. The summed E-state index contributed by atoms with van der Waals surface area (Å²) in [5, 5.41) is 5.70. The molecule has 1 aromatic carbocycles. The molecule has 162 valence electrons. The number of nitrogens with zero attached hydrogens (tertiary/aromatic N) is 1. The van der Waals surface area contributed by atoms with Gasteiger partial charge in [0.15, 0.2) is 0 Å². The second-order valence-electron chi connectivity index (χ2n) is 8.16. The van der Waals surface area contributed by atoms with Crippen LogP contribution in [-0.4, -0.2) is 4.98 Å². The van der Waals surface area contributed by atoms with Crippen LogP contribution in [0.15, 0.2) is 47.2 Å². The Morgan fingerprint density at radius 2 is 1.44 bits per heavy atom. The van der Waals surface area contributed by atoms with E-state index in [4.69, 9.17) is 4.98 Å². The summed E-state index contributed by atoms with van der Waals surface area (Å²) in [6.07, 6.45) is 4.92. The Hall–Kier alpha value is -1.57. The summed E-state index contributed by atoms with van der Waals surface area (Å²) < 4.78 is 6.90. The lowest BCUT2D eigenvalue weighted by Crippen LogP contribution is -1.96. The molecule has 0 spiro atoms. The molecule has 0 N–H and O–H groups in total. The van der Waals surface area contributed by atoms with Crippen LogP contribution in [0.2, 0.25) is 0 Å². The molecule has 1 unspecified atom stereocenters. The fourth-order valence-electron chi connectivity index (χ4n) is 4.34. The van der Waals surface area contributed by atoms with Gasteiger partial charge in [-0.15, -0.1) is 56.7 Å². The van der Waals surface area contributed by atoms with Crippen molar-refractivity contribution in [3.63, 3.8) is 0 Å². The van der Waals surface area contributed by atoms with Crippen LogP contribution < -0.4 is 0 Å². The van der Waals surface area contributed by atoms with Crippen LogP contribution in [0.1, 0.15) is 50.5 Å². The lowest BCUT2D eigenvalue weighted by Gasteiger charge is -2.10. The molecule has 5 heterocycles. The zero-order valence-electron chi connectivity index (χ0n) is 18.0. The summed E-state index contributed by atoms with van der Waals surface area (Å²) in [6, 6.07) is 13.9. The first kappa shape index (κ1) is 21.0. The van der Waals surface area contributed by atoms with E-state index < -0.39 is 0 Å². The van der Waals surface area contributed by atoms with Crippen LogP contribution >= 0.6 is 56.7 Å². The van der Waals surface area contributed by atoms with Gasteiger partial charge < -0.3 is 0 Å². The minimum Gasteiger partial charge on any atom is -0.240 e. The van der Waals surface area contributed by atoms with Crippen molar-refractivity contribution in [1.29, 1.82) is 0 Å². The molecule has 0 bridgehead atoms. The molecule has 6 rings (SSSR count). The Morgan fingerprint density at radius 3 is 2.06 bits per heavy atom. The normalized spacial score (nSPS) is 13.1. The van der Waals surface area contributed by atoms with Crippen molar-refractivity contribution in [1.82, 2.24) is 4.98 Å². The number of hydrogen-bond acceptors (Lipinski definition) is 6. The molecule has 0 aliphatic heterocycles. The summed E-state index contributed by atoms with van der Waals surface area (Å²) in [5.41, 5.74) is 3.84. The predicted molar refractivity (Wildman–Crippen MR) is 150 cm³/mol. The van der Waals surface area contributed by atoms with E-state index in [0.717, 1.165) is 6.42 Å². The first-order valence-electron chi connectivity index (χ1n) is 11.1. The molecule has 1 atom stereocenters. The van der Waals surface area contributed by atoms with Gasteiger partial charge in [-0.2, -0.15) is 0 Å². The lowest BCUT2D eigenvalue weighted by atomic mass is 10.0. The van der Waals surface area contributed by atoms with Gasteiger partial charge in [0.05, 0.1) is 15.2 Å². The van der Waals surface area contributed by atoms with E-state index >= 15 is 0 Å². The van der Waals surface area contributed by atoms with Gasteiger partial charge in [-0.3, -0.25) is 0 Å². The van der Waals surface area contributed by atoms with Crippen molar-refractivity contribution >= 4 is 85.7 Å². The SMILES string of the molecule is CCCCC(CC)c1nc2c(-c3cc4sccc4s3)ccc(-c3cc4sccc4s3)c2s1. The molecule has 6 aromatic rings. The Kier molecular flexibility index (Phi) is 5.68. The first-order valence-corrected chi connectivity index (χ1v) is 15.3. The van der Waals surface area contributed by atoms with Gasteiger partial charge >= 0.3 is 0 Å². The molecule has 5 aromatic heterocycles. The molecule has 0 fully saturated rings. The van der Waals surface area contributed by atoms with Crippen LogP contribution in [0.4, 0.5) is 0 Å². The Morgan fingerprint density at radius 1 is 0.781 bits per heavy atom. The van der Waals surface area contributed by atoms with E-state index in [1.807, 2.05) is 56.7 Å². The van der Waals surface area contributed by atoms with Crippen molar-refractivity contribution in [3.8, 4) is 20.9 Å². The average Bonchev–Trinajstić information content (AvgIpc) is 3.58. The fraction of sp³-hybridized carbons (Fsp3) is 0.269. The molecule has 6 heteroatoms. The highest BCUT2D eigenvalue weighted by molar-refractivity contribution is 7.29. The van der Waals surface area contributed by atoms with Crippen molar-refractivity contribution in [2.45, 2.75) is 45.4 Å². The van der Waals surface area contributed by atoms with E-state index in [1.165, 1.54) is 74.2 Å². The molecule has 0 amide bonds. The van der Waals surface area contributed by atoms with Crippen LogP contribution in [0.5, 0.6) is 0 Å². The molecule has 0 aliphatic rings. The van der Waals surface area contributed by atoms with Gasteiger partial charge in [-0.05, 0) is 47.9 Å². The van der Waals surface area contributed by atoms with Crippen molar-refractivity contribution in [3.05, 3.63) is 52.2 Å². The number of hydrogen-bond donors (Lipinski definition) is 0. The number of benzene rings is 1. The molecule has 0 saturated carbocycles. The predicted octanol–water partition coefficient (Wildman–Crippen LogP) is 10.9. The van der Waals surface area contributed by atoms with Crippen LogP contribution in [-0.2, 0) is 0 Å².